The van der Waals surface area contributed by atoms with Gasteiger partial charge in [-0.05, 0) is 0 Å². The number of hydrogen-bond acceptors (Lipinski definition) is 4. The van der Waals surface area contributed by atoms with Crippen LogP contribution in [0, 0.1) is 0 Å². The molecule has 0 radical (unpaired) electrons. The van der Waals surface area contributed by atoms with Gasteiger partial charge in [-0.25, -0.2) is 0 Å². The fourth-order valence-corrected chi connectivity index (χ4v) is 1.10. The highest BCUT2D eigenvalue weighted by Crippen LogP contribution is 1.95. The topological polar surface area (TPSA) is 36.9 Å². The Morgan fingerprint density at radius 3 is 3.00 bits per heavy atom. The van der Waals surface area contributed by atoms with Crippen LogP contribution in [0.15, 0.2) is 4.99 Å². The van der Waals surface area contributed by atoms with Gasteiger partial charge < -0.3 is 10.1 Å². The van der Waals surface area contributed by atoms with Crippen molar-refractivity contribution in [2.75, 3.05) is 33.6 Å². The second kappa shape index (κ2) is 5.11. The molecule has 1 rings (SSSR count). The zero-order chi connectivity index (χ0) is 8.81. The molecule has 12 heavy (non-hydrogen) atoms. The van der Waals surface area contributed by atoms with E-state index in [1.165, 1.54) is 0 Å². The molecule has 0 aliphatic carbocycles. The van der Waals surface area contributed by atoms with Crippen LogP contribution in [0.25, 0.3) is 0 Å². The van der Waals surface area contributed by atoms with E-state index >= 15 is 0 Å². The van der Waals surface area contributed by atoms with Crippen LogP contribution in [0.2, 0.25) is 0 Å². The van der Waals surface area contributed by atoms with Crippen molar-refractivity contribution in [3.63, 3.8) is 0 Å². The SMILES string of the molecule is CCC1=NCN(CCOC)CN1. The van der Waals surface area contributed by atoms with Gasteiger partial charge in [0.05, 0.1) is 25.8 Å². The van der Waals surface area contributed by atoms with Crippen molar-refractivity contribution in [2.45, 2.75) is 13.3 Å². The van der Waals surface area contributed by atoms with Crippen LogP contribution in [-0.4, -0.2) is 44.3 Å². The van der Waals surface area contributed by atoms with Crippen LogP contribution >= 0.6 is 0 Å². The molecule has 0 saturated heterocycles. The smallest absolute Gasteiger partial charge is 0.0986 e. The molecular weight excluding hydrogens is 154 g/mol. The molecular formula is C8H17N3O. The van der Waals surface area contributed by atoms with Crippen LogP contribution in [0.5, 0.6) is 0 Å². The lowest BCUT2D eigenvalue weighted by Gasteiger charge is -2.25. The normalized spacial score (nSPS) is 18.7. The summed E-state index contributed by atoms with van der Waals surface area (Å²) in [5.41, 5.74) is 0. The predicted molar refractivity (Wildman–Crippen MR) is 49.2 cm³/mol. The van der Waals surface area contributed by atoms with Gasteiger partial charge >= 0.3 is 0 Å². The summed E-state index contributed by atoms with van der Waals surface area (Å²) < 4.78 is 4.98. The first-order chi connectivity index (χ1) is 5.86. The summed E-state index contributed by atoms with van der Waals surface area (Å²) in [7, 11) is 1.72. The van der Waals surface area contributed by atoms with E-state index in [4.69, 9.17) is 4.74 Å². The number of ether oxygens (including phenoxy) is 1. The Bertz CT molecular complexity index is 158. The Morgan fingerprint density at radius 2 is 2.50 bits per heavy atom. The first kappa shape index (κ1) is 9.48. The molecule has 0 bridgehead atoms. The molecule has 0 aromatic rings. The van der Waals surface area contributed by atoms with Gasteiger partial charge in [-0.3, -0.25) is 9.89 Å². The molecule has 0 spiro atoms. The van der Waals surface area contributed by atoms with Gasteiger partial charge in [0, 0.05) is 20.1 Å². The van der Waals surface area contributed by atoms with Crippen molar-refractivity contribution >= 4 is 5.84 Å². The standard InChI is InChI=1S/C8H17N3O/c1-3-8-9-6-11(7-10-8)4-5-12-2/h3-7H2,1-2H3,(H,9,10). The van der Waals surface area contributed by atoms with Gasteiger partial charge in [0.2, 0.25) is 0 Å². The van der Waals surface area contributed by atoms with Gasteiger partial charge in [-0.1, -0.05) is 6.92 Å². The van der Waals surface area contributed by atoms with Gasteiger partial charge in [-0.2, -0.15) is 0 Å². The Kier molecular flexibility index (Phi) is 4.04. The van der Waals surface area contributed by atoms with E-state index in [0.29, 0.717) is 0 Å². The van der Waals surface area contributed by atoms with Gasteiger partial charge in [0.15, 0.2) is 0 Å². The van der Waals surface area contributed by atoms with E-state index in [0.717, 1.165) is 38.7 Å². The largest absolute Gasteiger partial charge is 0.383 e. The summed E-state index contributed by atoms with van der Waals surface area (Å²) in [6.07, 6.45) is 0.998. The molecule has 0 saturated carbocycles. The van der Waals surface area contributed by atoms with Gasteiger partial charge in [0.1, 0.15) is 0 Å². The number of methoxy groups -OCH3 is 1. The van der Waals surface area contributed by atoms with E-state index in [9.17, 15) is 0 Å². The second-order valence-electron chi connectivity index (χ2n) is 2.82. The number of nitrogens with zero attached hydrogens (tertiary/aromatic N) is 2. The van der Waals surface area contributed by atoms with Crippen molar-refractivity contribution in [1.82, 2.24) is 10.2 Å². The Hall–Kier alpha value is -0.610. The van der Waals surface area contributed by atoms with Crippen LogP contribution in [-0.2, 0) is 4.74 Å². The number of nitrogens with one attached hydrogen (secondary N) is 1. The van der Waals surface area contributed by atoms with Crippen LogP contribution in [0.4, 0.5) is 0 Å². The van der Waals surface area contributed by atoms with Crippen molar-refractivity contribution in [2.24, 2.45) is 4.99 Å². The molecule has 0 aromatic carbocycles. The molecule has 70 valence electrons. The highest BCUT2D eigenvalue weighted by Gasteiger charge is 2.09. The number of rotatable bonds is 4. The number of hydrogen-bond donors (Lipinski definition) is 1. The minimum Gasteiger partial charge on any atom is -0.383 e. The van der Waals surface area contributed by atoms with Crippen LogP contribution < -0.4 is 5.32 Å². The lowest BCUT2D eigenvalue weighted by Crippen LogP contribution is -2.43. The molecule has 0 unspecified atom stereocenters. The molecule has 0 aromatic heterocycles. The average molecular weight is 171 g/mol. The molecule has 0 amide bonds. The molecule has 1 heterocycles. The Morgan fingerprint density at radius 1 is 1.67 bits per heavy atom. The third-order valence-corrected chi connectivity index (χ3v) is 1.91. The Balaban J connectivity index is 2.21. The predicted octanol–water partition coefficient (Wildman–Crippen LogP) is 0.262. The van der Waals surface area contributed by atoms with Gasteiger partial charge in [-0.15, -0.1) is 0 Å². The summed E-state index contributed by atoms with van der Waals surface area (Å²) in [6, 6.07) is 0. The Labute approximate surface area is 73.6 Å². The monoisotopic (exact) mass is 171 g/mol. The van der Waals surface area contributed by atoms with Gasteiger partial charge in [0.25, 0.3) is 0 Å². The summed E-state index contributed by atoms with van der Waals surface area (Å²) in [6.45, 7) is 5.54. The van der Waals surface area contributed by atoms with E-state index < -0.39 is 0 Å². The first-order valence-electron chi connectivity index (χ1n) is 4.35. The quantitative estimate of drug-likeness (QED) is 0.659. The average Bonchev–Trinajstić information content (AvgIpc) is 2.15. The van der Waals surface area contributed by atoms with Crippen molar-refractivity contribution < 1.29 is 4.74 Å². The molecule has 0 fully saturated rings. The van der Waals surface area contributed by atoms with Crippen molar-refractivity contribution in [3.05, 3.63) is 0 Å². The minimum atomic E-state index is 0.776. The maximum atomic E-state index is 4.98. The molecule has 0 atom stereocenters. The first-order valence-corrected chi connectivity index (χ1v) is 4.35. The van der Waals surface area contributed by atoms with Crippen molar-refractivity contribution in [3.8, 4) is 0 Å². The van der Waals surface area contributed by atoms with E-state index in [1.54, 1.807) is 7.11 Å². The summed E-state index contributed by atoms with van der Waals surface area (Å²) in [5.74, 6) is 1.11. The number of amidine groups is 1. The fraction of sp³-hybridized carbons (Fsp3) is 0.875. The zero-order valence-electron chi connectivity index (χ0n) is 7.84. The molecule has 1 aliphatic rings. The molecule has 4 heteroatoms. The second-order valence-corrected chi connectivity index (χ2v) is 2.82. The minimum absolute atomic E-state index is 0.776. The lowest BCUT2D eigenvalue weighted by molar-refractivity contribution is 0.144. The highest BCUT2D eigenvalue weighted by molar-refractivity contribution is 5.82. The molecule has 4 nitrogen and oxygen atoms in total. The summed E-state index contributed by atoms with van der Waals surface area (Å²) in [4.78, 5) is 6.57. The molecule has 1 N–H and O–H groups in total. The fourth-order valence-electron chi connectivity index (χ4n) is 1.10. The molecule has 1 aliphatic heterocycles. The lowest BCUT2D eigenvalue weighted by atomic mass is 10.4. The summed E-state index contributed by atoms with van der Waals surface area (Å²) >= 11 is 0. The number of aliphatic imine (C=N–C) groups is 1. The van der Waals surface area contributed by atoms with E-state index in [-0.39, 0.29) is 0 Å². The zero-order valence-corrected chi connectivity index (χ0v) is 7.84. The maximum absolute atomic E-state index is 4.98. The third-order valence-electron chi connectivity index (χ3n) is 1.91. The van der Waals surface area contributed by atoms with E-state index in [1.807, 2.05) is 0 Å². The van der Waals surface area contributed by atoms with Crippen LogP contribution in [0.1, 0.15) is 13.3 Å². The summed E-state index contributed by atoms with van der Waals surface area (Å²) in [5, 5.41) is 3.25. The van der Waals surface area contributed by atoms with E-state index in [2.05, 4.69) is 22.1 Å². The van der Waals surface area contributed by atoms with Crippen LogP contribution in [0.3, 0.4) is 0 Å². The third kappa shape index (κ3) is 2.79. The highest BCUT2D eigenvalue weighted by atomic mass is 16.5. The maximum Gasteiger partial charge on any atom is 0.0986 e. The van der Waals surface area contributed by atoms with Crippen molar-refractivity contribution in [1.29, 1.82) is 0 Å².